The summed E-state index contributed by atoms with van der Waals surface area (Å²) in [6.07, 6.45) is 0. The van der Waals surface area contributed by atoms with Gasteiger partial charge in [-0.3, -0.25) is 0 Å². The Morgan fingerprint density at radius 3 is 2.57 bits per heavy atom. The second-order valence-electron chi connectivity index (χ2n) is 4.74. The fourth-order valence-electron chi connectivity index (χ4n) is 2.18. The van der Waals surface area contributed by atoms with Crippen molar-refractivity contribution in [1.29, 1.82) is 0 Å². The van der Waals surface area contributed by atoms with Gasteiger partial charge in [-0.25, -0.2) is 4.39 Å². The molecule has 0 spiro atoms. The van der Waals surface area contributed by atoms with Gasteiger partial charge in [-0.2, -0.15) is 0 Å². The number of halogens is 2. The summed E-state index contributed by atoms with van der Waals surface area (Å²) in [4.78, 5) is 0. The van der Waals surface area contributed by atoms with Crippen LogP contribution in [0.25, 0.3) is 10.8 Å². The third kappa shape index (κ3) is 2.85. The van der Waals surface area contributed by atoms with Gasteiger partial charge < -0.3 is 10.5 Å². The lowest BCUT2D eigenvalue weighted by atomic mass is 10.1. The molecule has 0 saturated carbocycles. The van der Waals surface area contributed by atoms with Crippen molar-refractivity contribution in [3.05, 3.63) is 70.5 Å². The molecule has 2 nitrogen and oxygen atoms in total. The lowest BCUT2D eigenvalue weighted by Crippen LogP contribution is -2.01. The number of hydrogen-bond acceptors (Lipinski definition) is 2. The van der Waals surface area contributed by atoms with Crippen molar-refractivity contribution in [2.45, 2.75) is 6.61 Å². The van der Waals surface area contributed by atoms with Gasteiger partial charge in [-0.1, -0.05) is 52.3 Å². The standard InChI is InChI=1S/C17H13BrFNO/c18-13-6-7-14-12(8-13)9-15(17(20)16(14)19)21-10-11-4-2-1-3-5-11/h1-9H,10,20H2. The fourth-order valence-corrected chi connectivity index (χ4v) is 2.56. The Bertz CT molecular complexity index is 790. The van der Waals surface area contributed by atoms with E-state index in [2.05, 4.69) is 15.9 Å². The SMILES string of the molecule is Nc1c(OCc2ccccc2)cc2cc(Br)ccc2c1F. The van der Waals surface area contributed by atoms with Crippen LogP contribution < -0.4 is 10.5 Å². The van der Waals surface area contributed by atoms with Crippen LogP contribution in [0.15, 0.2) is 59.1 Å². The number of nitrogens with two attached hydrogens (primary N) is 1. The van der Waals surface area contributed by atoms with Gasteiger partial charge in [0.25, 0.3) is 0 Å². The van der Waals surface area contributed by atoms with E-state index in [1.165, 1.54) is 0 Å². The summed E-state index contributed by atoms with van der Waals surface area (Å²) in [5.74, 6) is -0.0787. The maximum absolute atomic E-state index is 14.3. The highest BCUT2D eigenvalue weighted by Gasteiger charge is 2.12. The van der Waals surface area contributed by atoms with Gasteiger partial charge in [-0.05, 0) is 29.1 Å². The molecule has 3 aromatic rings. The molecule has 0 fully saturated rings. The number of hydrogen-bond donors (Lipinski definition) is 1. The minimum absolute atomic E-state index is 0.0424. The minimum Gasteiger partial charge on any atom is -0.487 e. The van der Waals surface area contributed by atoms with E-state index in [1.54, 1.807) is 18.2 Å². The summed E-state index contributed by atoms with van der Waals surface area (Å²) >= 11 is 3.38. The quantitative estimate of drug-likeness (QED) is 0.685. The second-order valence-corrected chi connectivity index (χ2v) is 5.66. The van der Waals surface area contributed by atoms with Crippen LogP contribution in [0, 0.1) is 5.82 Å². The van der Waals surface area contributed by atoms with E-state index in [1.807, 2.05) is 36.4 Å². The summed E-state index contributed by atoms with van der Waals surface area (Å²) < 4.78 is 20.8. The molecule has 0 aromatic heterocycles. The summed E-state index contributed by atoms with van der Waals surface area (Å²) in [7, 11) is 0. The molecule has 106 valence electrons. The first-order valence-electron chi connectivity index (χ1n) is 6.49. The van der Waals surface area contributed by atoms with Crippen LogP contribution in [-0.4, -0.2) is 0 Å². The first kappa shape index (κ1) is 13.9. The maximum atomic E-state index is 14.3. The molecule has 3 rings (SSSR count). The molecule has 0 radical (unpaired) electrons. The van der Waals surface area contributed by atoms with Crippen LogP contribution in [0.2, 0.25) is 0 Å². The predicted molar refractivity (Wildman–Crippen MR) is 86.8 cm³/mol. The molecule has 3 aromatic carbocycles. The molecular formula is C17H13BrFNO. The van der Waals surface area contributed by atoms with Crippen LogP contribution in [-0.2, 0) is 6.61 Å². The lowest BCUT2D eigenvalue weighted by Gasteiger charge is -2.12. The van der Waals surface area contributed by atoms with Crippen molar-refractivity contribution in [3.63, 3.8) is 0 Å². The Morgan fingerprint density at radius 1 is 1.05 bits per heavy atom. The van der Waals surface area contributed by atoms with Gasteiger partial charge in [0.15, 0.2) is 5.82 Å². The van der Waals surface area contributed by atoms with Gasteiger partial charge in [0.2, 0.25) is 0 Å². The number of nitrogen functional groups attached to an aromatic ring is 1. The van der Waals surface area contributed by atoms with Crippen LogP contribution >= 0.6 is 15.9 Å². The Labute approximate surface area is 130 Å². The molecule has 0 saturated heterocycles. The predicted octanol–water partition coefficient (Wildman–Crippen LogP) is 4.90. The maximum Gasteiger partial charge on any atom is 0.157 e. The summed E-state index contributed by atoms with van der Waals surface area (Å²) in [5, 5.41) is 1.24. The van der Waals surface area contributed by atoms with Crippen molar-refractivity contribution >= 4 is 32.4 Å². The Kier molecular flexibility index (Phi) is 3.80. The number of ether oxygens (including phenoxy) is 1. The molecule has 0 amide bonds. The van der Waals surface area contributed by atoms with Crippen molar-refractivity contribution in [1.82, 2.24) is 0 Å². The van der Waals surface area contributed by atoms with E-state index in [0.29, 0.717) is 17.7 Å². The zero-order valence-electron chi connectivity index (χ0n) is 11.1. The summed E-state index contributed by atoms with van der Waals surface area (Å²) in [6.45, 7) is 0.351. The van der Waals surface area contributed by atoms with E-state index < -0.39 is 5.82 Å². The van der Waals surface area contributed by atoms with E-state index in [4.69, 9.17) is 10.5 Å². The number of anilines is 1. The van der Waals surface area contributed by atoms with E-state index in [0.717, 1.165) is 15.4 Å². The topological polar surface area (TPSA) is 35.2 Å². The van der Waals surface area contributed by atoms with Crippen LogP contribution in [0.4, 0.5) is 10.1 Å². The van der Waals surface area contributed by atoms with Crippen molar-refractivity contribution in [2.75, 3.05) is 5.73 Å². The zero-order valence-corrected chi connectivity index (χ0v) is 12.7. The van der Waals surface area contributed by atoms with Gasteiger partial charge >= 0.3 is 0 Å². The Balaban J connectivity index is 1.96. The second kappa shape index (κ2) is 5.74. The fraction of sp³-hybridized carbons (Fsp3) is 0.0588. The highest BCUT2D eigenvalue weighted by Crippen LogP contribution is 2.33. The molecule has 0 unspecified atom stereocenters. The summed E-state index contributed by atoms with van der Waals surface area (Å²) in [6, 6.07) is 16.8. The highest BCUT2D eigenvalue weighted by molar-refractivity contribution is 9.10. The normalized spacial score (nSPS) is 10.8. The molecule has 0 heterocycles. The van der Waals surface area contributed by atoms with E-state index >= 15 is 0 Å². The molecule has 0 atom stereocenters. The van der Waals surface area contributed by atoms with Gasteiger partial charge in [-0.15, -0.1) is 0 Å². The molecule has 4 heteroatoms. The Hall–Kier alpha value is -2.07. The zero-order chi connectivity index (χ0) is 14.8. The first-order valence-corrected chi connectivity index (χ1v) is 7.28. The third-order valence-corrected chi connectivity index (χ3v) is 3.77. The average Bonchev–Trinajstić information content (AvgIpc) is 2.50. The smallest absolute Gasteiger partial charge is 0.157 e. The Morgan fingerprint density at radius 2 is 1.81 bits per heavy atom. The van der Waals surface area contributed by atoms with E-state index in [9.17, 15) is 4.39 Å². The molecule has 0 aliphatic heterocycles. The van der Waals surface area contributed by atoms with Crippen LogP contribution in [0.1, 0.15) is 5.56 Å². The molecule has 21 heavy (non-hydrogen) atoms. The number of benzene rings is 3. The lowest BCUT2D eigenvalue weighted by molar-refractivity contribution is 0.307. The molecule has 0 aliphatic rings. The van der Waals surface area contributed by atoms with Crippen molar-refractivity contribution in [3.8, 4) is 5.75 Å². The van der Waals surface area contributed by atoms with Crippen molar-refractivity contribution in [2.24, 2.45) is 0 Å². The minimum atomic E-state index is -0.442. The average molecular weight is 346 g/mol. The number of rotatable bonds is 3. The highest BCUT2D eigenvalue weighted by atomic mass is 79.9. The first-order chi connectivity index (χ1) is 10.1. The summed E-state index contributed by atoms with van der Waals surface area (Å²) in [5.41, 5.74) is 6.89. The monoisotopic (exact) mass is 345 g/mol. The van der Waals surface area contributed by atoms with Gasteiger partial charge in [0.05, 0.1) is 0 Å². The molecular weight excluding hydrogens is 333 g/mol. The van der Waals surface area contributed by atoms with Crippen LogP contribution in [0.5, 0.6) is 5.75 Å². The van der Waals surface area contributed by atoms with Gasteiger partial charge in [0, 0.05) is 9.86 Å². The largest absolute Gasteiger partial charge is 0.487 e. The van der Waals surface area contributed by atoms with Gasteiger partial charge in [0.1, 0.15) is 18.0 Å². The molecule has 0 aliphatic carbocycles. The van der Waals surface area contributed by atoms with E-state index in [-0.39, 0.29) is 5.69 Å². The van der Waals surface area contributed by atoms with Crippen molar-refractivity contribution < 1.29 is 9.13 Å². The third-order valence-electron chi connectivity index (χ3n) is 3.28. The number of fused-ring (bicyclic) bond motifs is 1. The molecule has 2 N–H and O–H groups in total. The van der Waals surface area contributed by atoms with Crippen LogP contribution in [0.3, 0.4) is 0 Å². The molecule has 0 bridgehead atoms.